The molecule has 0 atom stereocenters. The lowest BCUT2D eigenvalue weighted by Crippen LogP contribution is -1.92. The Labute approximate surface area is 133 Å². The van der Waals surface area contributed by atoms with E-state index in [0.717, 1.165) is 22.4 Å². The maximum atomic E-state index is 13.0. The zero-order chi connectivity index (χ0) is 15.5. The molecule has 22 heavy (non-hydrogen) atoms. The number of aliphatic hydroxyl groups is 1. The molecule has 0 aliphatic heterocycles. The van der Waals surface area contributed by atoms with Crippen LogP contribution in [0.25, 0.3) is 10.4 Å². The molecule has 1 heterocycles. The van der Waals surface area contributed by atoms with Gasteiger partial charge in [-0.25, -0.2) is 4.39 Å². The van der Waals surface area contributed by atoms with E-state index in [1.165, 1.54) is 28.1 Å². The van der Waals surface area contributed by atoms with Crippen LogP contribution in [0.2, 0.25) is 0 Å². The summed E-state index contributed by atoms with van der Waals surface area (Å²) in [6, 6.07) is 16.9. The molecule has 0 saturated carbocycles. The van der Waals surface area contributed by atoms with Crippen LogP contribution in [0.3, 0.4) is 0 Å². The fourth-order valence-electron chi connectivity index (χ4n) is 2.44. The molecule has 2 aromatic carbocycles. The Balaban J connectivity index is 1.84. The minimum atomic E-state index is -0.211. The fraction of sp³-hybridized carbons (Fsp3) is 0.158. The van der Waals surface area contributed by atoms with E-state index in [2.05, 4.69) is 31.2 Å². The highest BCUT2D eigenvalue weighted by atomic mass is 32.1. The Morgan fingerprint density at radius 2 is 1.77 bits per heavy atom. The van der Waals surface area contributed by atoms with Crippen molar-refractivity contribution in [3.63, 3.8) is 0 Å². The van der Waals surface area contributed by atoms with Crippen molar-refractivity contribution >= 4 is 11.3 Å². The number of hydrogen-bond acceptors (Lipinski definition) is 2. The molecule has 0 radical (unpaired) electrons. The van der Waals surface area contributed by atoms with Crippen molar-refractivity contribution in [3.8, 4) is 10.4 Å². The summed E-state index contributed by atoms with van der Waals surface area (Å²) < 4.78 is 13.0. The van der Waals surface area contributed by atoms with Gasteiger partial charge in [-0.05, 0) is 53.4 Å². The Morgan fingerprint density at radius 3 is 2.50 bits per heavy atom. The first-order valence-corrected chi connectivity index (χ1v) is 8.01. The van der Waals surface area contributed by atoms with Gasteiger partial charge in [0.2, 0.25) is 0 Å². The molecule has 1 nitrogen and oxygen atoms in total. The normalized spacial score (nSPS) is 10.9. The summed E-state index contributed by atoms with van der Waals surface area (Å²) in [5, 5.41) is 9.27. The number of thiophene rings is 1. The number of aliphatic hydroxyl groups excluding tert-OH is 1. The van der Waals surface area contributed by atoms with E-state index in [-0.39, 0.29) is 12.4 Å². The van der Waals surface area contributed by atoms with Crippen LogP contribution < -0.4 is 0 Å². The van der Waals surface area contributed by atoms with Crippen molar-refractivity contribution in [2.24, 2.45) is 0 Å². The molecule has 3 heteroatoms. The topological polar surface area (TPSA) is 20.2 Å². The summed E-state index contributed by atoms with van der Waals surface area (Å²) in [5.41, 5.74) is 4.45. The third-order valence-electron chi connectivity index (χ3n) is 3.75. The molecule has 0 saturated heterocycles. The van der Waals surface area contributed by atoms with Crippen molar-refractivity contribution in [2.45, 2.75) is 20.0 Å². The Bertz CT molecular complexity index is 774. The maximum Gasteiger partial charge on any atom is 0.123 e. The molecule has 1 aromatic heterocycles. The van der Waals surface area contributed by atoms with Crippen LogP contribution in [-0.2, 0) is 13.0 Å². The average molecular weight is 312 g/mol. The van der Waals surface area contributed by atoms with Gasteiger partial charge in [-0.1, -0.05) is 30.3 Å². The summed E-state index contributed by atoms with van der Waals surface area (Å²) in [5.74, 6) is -0.211. The van der Waals surface area contributed by atoms with Gasteiger partial charge in [0.25, 0.3) is 0 Å². The highest BCUT2D eigenvalue weighted by Crippen LogP contribution is 2.30. The average Bonchev–Trinajstić information content (AvgIpc) is 2.99. The third-order valence-corrected chi connectivity index (χ3v) is 4.89. The van der Waals surface area contributed by atoms with Crippen LogP contribution in [-0.4, -0.2) is 5.11 Å². The van der Waals surface area contributed by atoms with E-state index in [1.54, 1.807) is 11.3 Å². The van der Waals surface area contributed by atoms with E-state index < -0.39 is 0 Å². The van der Waals surface area contributed by atoms with Gasteiger partial charge >= 0.3 is 0 Å². The summed E-state index contributed by atoms with van der Waals surface area (Å²) in [4.78, 5) is 2.41. The van der Waals surface area contributed by atoms with E-state index in [0.29, 0.717) is 0 Å². The quantitative estimate of drug-likeness (QED) is 0.723. The summed E-state index contributed by atoms with van der Waals surface area (Å²) in [6.45, 7) is 2.16. The molecular formula is C19H17FOS. The minimum Gasteiger partial charge on any atom is -0.392 e. The van der Waals surface area contributed by atoms with Crippen LogP contribution in [0.5, 0.6) is 0 Å². The van der Waals surface area contributed by atoms with Crippen LogP contribution >= 0.6 is 11.3 Å². The molecule has 3 rings (SSSR count). The van der Waals surface area contributed by atoms with Crippen LogP contribution in [0.15, 0.2) is 54.6 Å². The number of benzene rings is 2. The highest BCUT2D eigenvalue weighted by Gasteiger charge is 2.06. The first-order valence-electron chi connectivity index (χ1n) is 7.19. The Hall–Kier alpha value is -1.97. The predicted octanol–water partition coefficient (Wildman–Crippen LogP) is 4.95. The van der Waals surface area contributed by atoms with Gasteiger partial charge < -0.3 is 5.11 Å². The van der Waals surface area contributed by atoms with Crippen molar-refractivity contribution < 1.29 is 9.50 Å². The second-order valence-electron chi connectivity index (χ2n) is 5.37. The van der Waals surface area contributed by atoms with E-state index >= 15 is 0 Å². The van der Waals surface area contributed by atoms with Gasteiger partial charge in [0.05, 0.1) is 6.61 Å². The second-order valence-corrected chi connectivity index (χ2v) is 6.54. The van der Waals surface area contributed by atoms with Crippen molar-refractivity contribution in [2.75, 3.05) is 0 Å². The van der Waals surface area contributed by atoms with Gasteiger partial charge in [-0.3, -0.25) is 0 Å². The lowest BCUT2D eigenvalue weighted by molar-refractivity contribution is 0.281. The van der Waals surface area contributed by atoms with Crippen LogP contribution in [0, 0.1) is 12.7 Å². The van der Waals surface area contributed by atoms with Crippen molar-refractivity contribution in [1.29, 1.82) is 0 Å². The number of hydrogen-bond donors (Lipinski definition) is 1. The zero-order valence-electron chi connectivity index (χ0n) is 12.3. The first kappa shape index (κ1) is 14.9. The van der Waals surface area contributed by atoms with Crippen molar-refractivity contribution in [1.82, 2.24) is 0 Å². The molecular weight excluding hydrogens is 295 g/mol. The lowest BCUT2D eigenvalue weighted by atomic mass is 10.0. The molecule has 1 N–H and O–H groups in total. The van der Waals surface area contributed by atoms with Gasteiger partial charge in [0.1, 0.15) is 5.82 Å². The predicted molar refractivity (Wildman–Crippen MR) is 89.6 cm³/mol. The molecule has 0 fully saturated rings. The number of rotatable bonds is 4. The van der Waals surface area contributed by atoms with Crippen LogP contribution in [0.1, 0.15) is 21.6 Å². The smallest absolute Gasteiger partial charge is 0.123 e. The van der Waals surface area contributed by atoms with Gasteiger partial charge in [-0.15, -0.1) is 11.3 Å². The summed E-state index contributed by atoms with van der Waals surface area (Å²) in [6.07, 6.45) is 0.853. The Morgan fingerprint density at radius 1 is 1.00 bits per heavy atom. The summed E-state index contributed by atoms with van der Waals surface area (Å²) >= 11 is 1.72. The molecule has 0 amide bonds. The maximum absolute atomic E-state index is 13.0. The highest BCUT2D eigenvalue weighted by molar-refractivity contribution is 7.15. The lowest BCUT2D eigenvalue weighted by Gasteiger charge is -2.06. The standard InChI is InChI=1S/C19H17FOS/c1-13-2-3-14(12-21)10-16(13)11-18-8-9-19(22-18)15-4-6-17(20)7-5-15/h2-10,21H,11-12H2,1H3. The molecule has 0 bridgehead atoms. The second kappa shape index (κ2) is 6.42. The minimum absolute atomic E-state index is 0.0680. The number of aryl methyl sites for hydroxylation is 1. The molecule has 0 spiro atoms. The van der Waals surface area contributed by atoms with Gasteiger partial charge in [-0.2, -0.15) is 0 Å². The summed E-state index contributed by atoms with van der Waals surface area (Å²) in [7, 11) is 0. The van der Waals surface area contributed by atoms with Gasteiger partial charge in [0.15, 0.2) is 0 Å². The largest absolute Gasteiger partial charge is 0.392 e. The monoisotopic (exact) mass is 312 g/mol. The molecule has 3 aromatic rings. The van der Waals surface area contributed by atoms with E-state index in [1.807, 2.05) is 18.2 Å². The molecule has 0 aliphatic rings. The molecule has 112 valence electrons. The third kappa shape index (κ3) is 3.26. The van der Waals surface area contributed by atoms with Gasteiger partial charge in [0, 0.05) is 16.2 Å². The zero-order valence-corrected chi connectivity index (χ0v) is 13.2. The Kier molecular flexibility index (Phi) is 4.36. The number of halogens is 1. The van der Waals surface area contributed by atoms with Crippen molar-refractivity contribution in [3.05, 3.63) is 82.0 Å². The molecule has 0 aliphatic carbocycles. The molecule has 0 unspecified atom stereocenters. The van der Waals surface area contributed by atoms with E-state index in [9.17, 15) is 9.50 Å². The SMILES string of the molecule is Cc1ccc(CO)cc1Cc1ccc(-c2ccc(F)cc2)s1. The van der Waals surface area contributed by atoms with Crippen LogP contribution in [0.4, 0.5) is 4.39 Å². The first-order chi connectivity index (χ1) is 10.7. The fourth-order valence-corrected chi connectivity index (χ4v) is 3.48. The van der Waals surface area contributed by atoms with E-state index in [4.69, 9.17) is 0 Å².